The average molecular weight is 473 g/mol. The molecule has 24 heavy (non-hydrogen) atoms. The molecule has 0 bridgehead atoms. The Hall–Kier alpha value is -1.83. The molecule has 2 aromatic rings. The number of rotatable bonds is 2. The highest BCUT2D eigenvalue weighted by Crippen LogP contribution is 2.34. The molecule has 0 unspecified atom stereocenters. The maximum atomic E-state index is 12.5. The van der Waals surface area contributed by atoms with E-state index >= 15 is 0 Å². The molecule has 2 N–H and O–H groups in total. The quantitative estimate of drug-likeness (QED) is 0.493. The number of phenols is 1. The van der Waals surface area contributed by atoms with Gasteiger partial charge in [-0.2, -0.15) is 0 Å². The summed E-state index contributed by atoms with van der Waals surface area (Å²) in [5.74, 6) is -0.563. The van der Waals surface area contributed by atoms with E-state index in [1.165, 1.54) is 12.1 Å². The number of urea groups is 1. The number of amides is 3. The van der Waals surface area contributed by atoms with Crippen LogP contribution in [0, 0.1) is 0 Å². The van der Waals surface area contributed by atoms with Gasteiger partial charge in [-0.15, -0.1) is 0 Å². The maximum Gasteiger partial charge on any atom is 0.333 e. The Balaban J connectivity index is 2.00. The number of imide groups is 1. The Morgan fingerprint density at radius 1 is 1.17 bits per heavy atom. The number of carbonyl (C=O) groups is 2. The molecule has 5 nitrogen and oxygen atoms in total. The predicted octanol–water partition coefficient (Wildman–Crippen LogP) is 4.67. The van der Waals surface area contributed by atoms with Gasteiger partial charge in [0.05, 0.1) is 10.2 Å². The van der Waals surface area contributed by atoms with Gasteiger partial charge in [0.2, 0.25) is 0 Å². The molecule has 1 heterocycles. The molecule has 8 heteroatoms. The topological polar surface area (TPSA) is 69.6 Å². The molecule has 3 amide bonds. The van der Waals surface area contributed by atoms with Crippen molar-refractivity contribution in [2.45, 2.75) is 0 Å². The SMILES string of the molecule is O=C1N/C(=C/c2cc(Br)cc(Br)c2O)C(=O)N1c1cccc(Cl)c1. The summed E-state index contributed by atoms with van der Waals surface area (Å²) in [4.78, 5) is 25.7. The van der Waals surface area contributed by atoms with Crippen molar-refractivity contribution in [2.24, 2.45) is 0 Å². The second-order valence-corrected chi connectivity index (χ2v) is 7.14. The Morgan fingerprint density at radius 3 is 2.62 bits per heavy atom. The summed E-state index contributed by atoms with van der Waals surface area (Å²) in [6.07, 6.45) is 1.41. The van der Waals surface area contributed by atoms with Gasteiger partial charge >= 0.3 is 6.03 Å². The van der Waals surface area contributed by atoms with Crippen molar-refractivity contribution in [3.05, 3.63) is 61.6 Å². The Bertz CT molecular complexity index is 899. The van der Waals surface area contributed by atoms with Crippen LogP contribution in [-0.2, 0) is 4.79 Å². The summed E-state index contributed by atoms with van der Waals surface area (Å²) in [5, 5.41) is 13.0. The lowest BCUT2D eigenvalue weighted by Gasteiger charge is -2.11. The van der Waals surface area contributed by atoms with Gasteiger partial charge in [-0.25, -0.2) is 9.69 Å². The van der Waals surface area contributed by atoms with E-state index in [-0.39, 0.29) is 11.4 Å². The first-order valence-corrected chi connectivity index (χ1v) is 8.64. The summed E-state index contributed by atoms with van der Waals surface area (Å²) in [6, 6.07) is 9.16. The Morgan fingerprint density at radius 2 is 1.92 bits per heavy atom. The molecular weight excluding hydrogens is 463 g/mol. The highest BCUT2D eigenvalue weighted by molar-refractivity contribution is 9.11. The van der Waals surface area contributed by atoms with Crippen molar-refractivity contribution in [1.29, 1.82) is 0 Å². The molecule has 0 aromatic heterocycles. The van der Waals surface area contributed by atoms with E-state index in [4.69, 9.17) is 11.6 Å². The number of hydrogen-bond donors (Lipinski definition) is 2. The minimum atomic E-state index is -0.581. The van der Waals surface area contributed by atoms with Crippen LogP contribution >= 0.6 is 43.5 Å². The van der Waals surface area contributed by atoms with Gasteiger partial charge < -0.3 is 10.4 Å². The molecule has 1 fully saturated rings. The fourth-order valence-electron chi connectivity index (χ4n) is 2.24. The van der Waals surface area contributed by atoms with Crippen LogP contribution in [0.4, 0.5) is 10.5 Å². The molecule has 1 saturated heterocycles. The first kappa shape index (κ1) is 17.0. The molecule has 1 aliphatic heterocycles. The van der Waals surface area contributed by atoms with Crippen LogP contribution in [0.2, 0.25) is 5.02 Å². The van der Waals surface area contributed by atoms with E-state index in [1.807, 2.05) is 0 Å². The van der Waals surface area contributed by atoms with Crippen LogP contribution in [0.25, 0.3) is 6.08 Å². The van der Waals surface area contributed by atoms with Crippen molar-refractivity contribution >= 4 is 67.2 Å². The molecule has 0 atom stereocenters. The molecule has 122 valence electrons. The molecule has 0 saturated carbocycles. The van der Waals surface area contributed by atoms with Crippen molar-refractivity contribution in [1.82, 2.24) is 5.32 Å². The molecule has 0 aliphatic carbocycles. The van der Waals surface area contributed by atoms with Gasteiger partial charge in [0.15, 0.2) is 0 Å². The zero-order valence-corrected chi connectivity index (χ0v) is 15.8. The lowest BCUT2D eigenvalue weighted by molar-refractivity contribution is -0.113. The lowest BCUT2D eigenvalue weighted by Crippen LogP contribution is -2.30. The minimum absolute atomic E-state index is 0.0334. The molecule has 0 spiro atoms. The van der Waals surface area contributed by atoms with E-state index in [1.54, 1.807) is 30.3 Å². The van der Waals surface area contributed by atoms with Gasteiger partial charge in [0, 0.05) is 15.1 Å². The highest BCUT2D eigenvalue weighted by atomic mass is 79.9. The number of halogens is 3. The summed E-state index contributed by atoms with van der Waals surface area (Å²) < 4.78 is 1.18. The van der Waals surface area contributed by atoms with Crippen molar-refractivity contribution in [3.63, 3.8) is 0 Å². The zero-order chi connectivity index (χ0) is 17.4. The first-order valence-electron chi connectivity index (χ1n) is 6.67. The normalized spacial score (nSPS) is 16.0. The monoisotopic (exact) mass is 470 g/mol. The standard InChI is InChI=1S/C16H9Br2ClN2O3/c17-9-4-8(14(22)12(18)6-9)5-13-15(23)21(16(24)20-13)11-3-1-2-10(19)7-11/h1-7,22H,(H,20,24)/b13-5+. The third kappa shape index (κ3) is 3.19. The van der Waals surface area contributed by atoms with Crippen molar-refractivity contribution < 1.29 is 14.7 Å². The number of aromatic hydroxyl groups is 1. The third-order valence-corrected chi connectivity index (χ3v) is 4.60. The number of hydrogen-bond acceptors (Lipinski definition) is 3. The third-order valence-electron chi connectivity index (χ3n) is 3.30. The molecule has 2 aromatic carbocycles. The van der Waals surface area contributed by atoms with Crippen LogP contribution < -0.4 is 10.2 Å². The second-order valence-electron chi connectivity index (χ2n) is 4.93. The van der Waals surface area contributed by atoms with Crippen LogP contribution in [0.5, 0.6) is 5.75 Å². The fourth-order valence-corrected chi connectivity index (χ4v) is 3.68. The van der Waals surface area contributed by atoms with Gasteiger partial charge in [-0.05, 0) is 52.3 Å². The Kier molecular flexibility index (Phi) is 4.67. The van der Waals surface area contributed by atoms with E-state index < -0.39 is 11.9 Å². The first-order chi connectivity index (χ1) is 11.4. The lowest BCUT2D eigenvalue weighted by atomic mass is 10.1. The minimum Gasteiger partial charge on any atom is -0.506 e. The molecule has 0 radical (unpaired) electrons. The van der Waals surface area contributed by atoms with Crippen LogP contribution in [0.1, 0.15) is 5.56 Å². The summed E-state index contributed by atoms with van der Waals surface area (Å²) in [7, 11) is 0. The fraction of sp³-hybridized carbons (Fsp3) is 0. The van der Waals surface area contributed by atoms with Gasteiger partial charge in [-0.3, -0.25) is 4.79 Å². The number of benzene rings is 2. The number of anilines is 1. The predicted molar refractivity (Wildman–Crippen MR) is 99.0 cm³/mol. The van der Waals surface area contributed by atoms with Gasteiger partial charge in [-0.1, -0.05) is 33.6 Å². The number of nitrogens with zero attached hydrogens (tertiary/aromatic N) is 1. The summed E-state index contributed by atoms with van der Waals surface area (Å²) in [5.41, 5.74) is 0.807. The largest absolute Gasteiger partial charge is 0.506 e. The van der Waals surface area contributed by atoms with Crippen LogP contribution in [0.3, 0.4) is 0 Å². The van der Waals surface area contributed by atoms with Crippen LogP contribution in [0.15, 0.2) is 51.0 Å². The van der Waals surface area contributed by atoms with Gasteiger partial charge in [0.25, 0.3) is 5.91 Å². The molecular formula is C16H9Br2ClN2O3. The van der Waals surface area contributed by atoms with Crippen molar-refractivity contribution in [2.75, 3.05) is 4.90 Å². The molecule has 1 aliphatic rings. The maximum absolute atomic E-state index is 12.5. The highest BCUT2D eigenvalue weighted by Gasteiger charge is 2.35. The van der Waals surface area contributed by atoms with E-state index in [9.17, 15) is 14.7 Å². The number of carbonyl (C=O) groups excluding carboxylic acids is 2. The van der Waals surface area contributed by atoms with E-state index in [2.05, 4.69) is 37.2 Å². The average Bonchev–Trinajstić information content (AvgIpc) is 2.78. The van der Waals surface area contributed by atoms with Gasteiger partial charge in [0.1, 0.15) is 11.4 Å². The number of phenolic OH excluding ortho intramolecular Hbond substituents is 1. The van der Waals surface area contributed by atoms with E-state index in [0.717, 1.165) is 4.90 Å². The Labute approximate surface area is 159 Å². The second kappa shape index (κ2) is 6.58. The summed E-state index contributed by atoms with van der Waals surface area (Å²) >= 11 is 12.4. The smallest absolute Gasteiger partial charge is 0.333 e. The zero-order valence-electron chi connectivity index (χ0n) is 11.9. The van der Waals surface area contributed by atoms with Crippen LogP contribution in [-0.4, -0.2) is 17.0 Å². The number of nitrogens with one attached hydrogen (secondary N) is 1. The van der Waals surface area contributed by atoms with Crippen molar-refractivity contribution in [3.8, 4) is 5.75 Å². The molecule has 3 rings (SSSR count). The summed E-state index contributed by atoms with van der Waals surface area (Å²) in [6.45, 7) is 0. The van der Waals surface area contributed by atoms with E-state index in [0.29, 0.717) is 25.2 Å².